The van der Waals surface area contributed by atoms with E-state index in [1.54, 1.807) is 20.8 Å². The average molecular weight is 327 g/mol. The van der Waals surface area contributed by atoms with Gasteiger partial charge in [-0.1, -0.05) is 0 Å². The second-order valence-electron chi connectivity index (χ2n) is 6.41. The Morgan fingerprint density at radius 1 is 1.33 bits per heavy atom. The lowest BCUT2D eigenvalue weighted by atomic mass is 9.75. The maximum absolute atomic E-state index is 13.8. The summed E-state index contributed by atoms with van der Waals surface area (Å²) in [6.07, 6.45) is -1.53. The molecule has 0 saturated heterocycles. The van der Waals surface area contributed by atoms with Gasteiger partial charge in [-0.05, 0) is 27.2 Å². The minimum absolute atomic E-state index is 0.0233. The zero-order valence-corrected chi connectivity index (χ0v) is 13.4. The number of halogens is 3. The third-order valence-corrected chi connectivity index (χ3v) is 3.76. The average Bonchev–Trinajstić information content (AvgIpc) is 2.59. The van der Waals surface area contributed by atoms with Crippen molar-refractivity contribution in [2.24, 2.45) is 11.3 Å². The Labute approximate surface area is 128 Å². The molecule has 0 N–H and O–H groups in total. The van der Waals surface area contributed by atoms with E-state index in [1.807, 2.05) is 0 Å². The van der Waals surface area contributed by atoms with Crippen LogP contribution in [0.4, 0.5) is 8.78 Å². The first-order valence-electron chi connectivity index (χ1n) is 6.72. The molecular formula is C14H21ClF2O4. The van der Waals surface area contributed by atoms with E-state index in [4.69, 9.17) is 16.3 Å². The molecule has 4 nitrogen and oxygen atoms in total. The summed E-state index contributed by atoms with van der Waals surface area (Å²) in [5.74, 6) is -6.05. The van der Waals surface area contributed by atoms with E-state index in [1.165, 1.54) is 0 Å². The molecule has 2 atom stereocenters. The van der Waals surface area contributed by atoms with Gasteiger partial charge >= 0.3 is 11.9 Å². The number of carbonyl (C=O) groups is 2. The molecule has 0 heterocycles. The van der Waals surface area contributed by atoms with Gasteiger partial charge in [0.15, 0.2) is 0 Å². The Morgan fingerprint density at radius 2 is 1.90 bits per heavy atom. The van der Waals surface area contributed by atoms with Crippen LogP contribution in [0.3, 0.4) is 0 Å². The number of ether oxygens (including phenoxy) is 2. The molecule has 1 saturated carbocycles. The van der Waals surface area contributed by atoms with Gasteiger partial charge in [-0.2, -0.15) is 0 Å². The molecule has 1 fully saturated rings. The lowest BCUT2D eigenvalue weighted by molar-refractivity contribution is -0.172. The van der Waals surface area contributed by atoms with Crippen LogP contribution < -0.4 is 0 Å². The minimum atomic E-state index is -3.12. The summed E-state index contributed by atoms with van der Waals surface area (Å²) >= 11 is 5.66. The van der Waals surface area contributed by atoms with Crippen LogP contribution in [0.5, 0.6) is 0 Å². The molecule has 0 aliphatic heterocycles. The van der Waals surface area contributed by atoms with Crippen LogP contribution >= 0.6 is 11.6 Å². The Morgan fingerprint density at radius 3 is 2.33 bits per heavy atom. The molecule has 0 spiro atoms. The van der Waals surface area contributed by atoms with Gasteiger partial charge in [0.1, 0.15) is 5.60 Å². The van der Waals surface area contributed by atoms with E-state index in [2.05, 4.69) is 4.74 Å². The Bertz CT molecular complexity index is 420. The smallest absolute Gasteiger partial charge is 0.312 e. The third-order valence-electron chi connectivity index (χ3n) is 3.57. The normalized spacial score (nSPS) is 28.2. The number of alkyl halides is 3. The number of methoxy groups -OCH3 is 1. The van der Waals surface area contributed by atoms with E-state index in [0.717, 1.165) is 7.11 Å². The molecule has 0 aromatic rings. The number of esters is 2. The van der Waals surface area contributed by atoms with Crippen molar-refractivity contribution in [3.63, 3.8) is 0 Å². The van der Waals surface area contributed by atoms with Crippen molar-refractivity contribution in [1.82, 2.24) is 0 Å². The van der Waals surface area contributed by atoms with Gasteiger partial charge in [0.25, 0.3) is 0 Å². The number of carbonyl (C=O) groups excluding carboxylic acids is 2. The van der Waals surface area contributed by atoms with Crippen LogP contribution in [0, 0.1) is 11.3 Å². The van der Waals surface area contributed by atoms with E-state index in [-0.39, 0.29) is 12.3 Å². The summed E-state index contributed by atoms with van der Waals surface area (Å²) in [7, 11) is 1.11. The Hall–Kier alpha value is -0.910. The fraction of sp³-hybridized carbons (Fsp3) is 0.857. The summed E-state index contributed by atoms with van der Waals surface area (Å²) in [6.45, 7) is 4.91. The summed E-state index contributed by atoms with van der Waals surface area (Å²) in [6, 6.07) is 0. The van der Waals surface area contributed by atoms with Crippen LogP contribution in [0.15, 0.2) is 0 Å². The summed E-state index contributed by atoms with van der Waals surface area (Å²) in [5.41, 5.74) is -2.44. The van der Waals surface area contributed by atoms with Crippen LogP contribution in [-0.4, -0.2) is 36.5 Å². The van der Waals surface area contributed by atoms with Crippen molar-refractivity contribution >= 4 is 23.5 Å². The van der Waals surface area contributed by atoms with Crippen molar-refractivity contribution in [1.29, 1.82) is 0 Å². The molecular weight excluding hydrogens is 306 g/mol. The zero-order chi connectivity index (χ0) is 16.5. The lowest BCUT2D eigenvalue weighted by Crippen LogP contribution is -2.42. The van der Waals surface area contributed by atoms with Crippen LogP contribution in [0.25, 0.3) is 0 Å². The van der Waals surface area contributed by atoms with Crippen LogP contribution in [0.1, 0.15) is 40.0 Å². The first-order chi connectivity index (χ1) is 9.47. The molecule has 1 aliphatic carbocycles. The number of rotatable bonds is 4. The molecule has 0 radical (unpaired) electrons. The van der Waals surface area contributed by atoms with Crippen molar-refractivity contribution in [3.8, 4) is 0 Å². The van der Waals surface area contributed by atoms with Crippen molar-refractivity contribution in [3.05, 3.63) is 0 Å². The highest BCUT2D eigenvalue weighted by atomic mass is 35.5. The highest BCUT2D eigenvalue weighted by Gasteiger charge is 2.63. The quantitative estimate of drug-likeness (QED) is 0.588. The van der Waals surface area contributed by atoms with E-state index < -0.39 is 47.6 Å². The molecule has 7 heteroatoms. The second-order valence-corrected chi connectivity index (χ2v) is 6.79. The summed E-state index contributed by atoms with van der Waals surface area (Å²) < 4.78 is 37.5. The van der Waals surface area contributed by atoms with Gasteiger partial charge in [-0.3, -0.25) is 9.59 Å². The number of hydrogen-bond donors (Lipinski definition) is 0. The molecule has 0 aromatic heterocycles. The molecule has 1 rings (SSSR count). The SMILES string of the molecule is COC(=O)C1(CCCl)CC(F)(F)CC1C(=O)OC(C)(C)C. The summed E-state index contributed by atoms with van der Waals surface area (Å²) in [5, 5.41) is 0. The lowest BCUT2D eigenvalue weighted by Gasteiger charge is -2.32. The largest absolute Gasteiger partial charge is 0.469 e. The van der Waals surface area contributed by atoms with Gasteiger partial charge in [0.2, 0.25) is 5.92 Å². The molecule has 21 heavy (non-hydrogen) atoms. The van der Waals surface area contributed by atoms with Gasteiger partial charge in [-0.15, -0.1) is 11.6 Å². The predicted octanol–water partition coefficient (Wildman–Crippen LogP) is 3.16. The van der Waals surface area contributed by atoms with Gasteiger partial charge < -0.3 is 9.47 Å². The summed E-state index contributed by atoms with van der Waals surface area (Å²) in [4.78, 5) is 24.3. The molecule has 0 amide bonds. The van der Waals surface area contributed by atoms with Crippen molar-refractivity contribution in [2.75, 3.05) is 13.0 Å². The highest BCUT2D eigenvalue weighted by Crippen LogP contribution is 2.54. The maximum atomic E-state index is 13.8. The molecule has 122 valence electrons. The first kappa shape index (κ1) is 18.1. The highest BCUT2D eigenvalue weighted by molar-refractivity contribution is 6.18. The molecule has 0 aromatic carbocycles. The topological polar surface area (TPSA) is 52.6 Å². The second kappa shape index (κ2) is 6.07. The maximum Gasteiger partial charge on any atom is 0.312 e. The molecule has 0 bridgehead atoms. The van der Waals surface area contributed by atoms with E-state index in [0.29, 0.717) is 0 Å². The fourth-order valence-corrected chi connectivity index (χ4v) is 3.12. The monoisotopic (exact) mass is 326 g/mol. The van der Waals surface area contributed by atoms with E-state index in [9.17, 15) is 18.4 Å². The fourth-order valence-electron chi connectivity index (χ4n) is 2.78. The van der Waals surface area contributed by atoms with Gasteiger partial charge in [0, 0.05) is 18.7 Å². The van der Waals surface area contributed by atoms with Crippen LogP contribution in [-0.2, 0) is 19.1 Å². The number of hydrogen-bond acceptors (Lipinski definition) is 4. The molecule has 1 aliphatic rings. The van der Waals surface area contributed by atoms with Gasteiger partial charge in [-0.25, -0.2) is 8.78 Å². The molecule has 2 unspecified atom stereocenters. The predicted molar refractivity (Wildman–Crippen MR) is 73.3 cm³/mol. The Balaban J connectivity index is 3.17. The van der Waals surface area contributed by atoms with Crippen molar-refractivity contribution < 1.29 is 27.8 Å². The third kappa shape index (κ3) is 4.05. The minimum Gasteiger partial charge on any atom is -0.469 e. The Kier molecular flexibility index (Phi) is 5.24. The van der Waals surface area contributed by atoms with E-state index >= 15 is 0 Å². The zero-order valence-electron chi connectivity index (χ0n) is 12.7. The van der Waals surface area contributed by atoms with Gasteiger partial charge in [0.05, 0.1) is 18.4 Å². The van der Waals surface area contributed by atoms with Crippen molar-refractivity contribution in [2.45, 2.75) is 51.6 Å². The first-order valence-corrected chi connectivity index (χ1v) is 7.26. The van der Waals surface area contributed by atoms with Crippen LogP contribution in [0.2, 0.25) is 0 Å². The standard InChI is InChI=1S/C14H21ClF2O4/c1-12(2,3)21-10(18)9-7-14(16,17)8-13(9,5-6-15)11(19)20-4/h9H,5-8H2,1-4H3.